The van der Waals surface area contributed by atoms with E-state index >= 15 is 0 Å². The van der Waals surface area contributed by atoms with Crippen LogP contribution in [0.3, 0.4) is 0 Å². The number of nitrogens with zero attached hydrogens (tertiary/aromatic N) is 4. The Labute approximate surface area is 167 Å². The lowest BCUT2D eigenvalue weighted by Crippen LogP contribution is -2.38. The van der Waals surface area contributed by atoms with Crippen molar-refractivity contribution >= 4 is 31.0 Å². The van der Waals surface area contributed by atoms with Crippen LogP contribution in [-0.2, 0) is 29.8 Å². The molecule has 12 heteroatoms. The Hall–Kier alpha value is -1.20. The zero-order chi connectivity index (χ0) is 20.5. The van der Waals surface area contributed by atoms with E-state index in [2.05, 4.69) is 16.9 Å². The van der Waals surface area contributed by atoms with Gasteiger partial charge < -0.3 is 32.8 Å². The molecule has 1 aliphatic rings. The molecule has 0 bridgehead atoms. The summed E-state index contributed by atoms with van der Waals surface area (Å²) < 4.78 is 37.9. The van der Waals surface area contributed by atoms with Crippen molar-refractivity contribution in [2.45, 2.75) is 44.4 Å². The van der Waals surface area contributed by atoms with E-state index in [1.54, 1.807) is 17.2 Å². The molecule has 0 aromatic carbocycles. The zero-order valence-electron chi connectivity index (χ0n) is 16.2. The normalized spacial score (nSPS) is 27.3. The molecule has 2 aromatic heterocycles. The topological polar surface area (TPSA) is 113 Å². The summed E-state index contributed by atoms with van der Waals surface area (Å²) in [6.07, 6.45) is 1.24. The van der Waals surface area contributed by atoms with Gasteiger partial charge in [-0.15, -0.1) is 0 Å². The molecule has 1 aliphatic heterocycles. The highest BCUT2D eigenvalue weighted by molar-refractivity contribution is 7.71. The van der Waals surface area contributed by atoms with E-state index in [-0.39, 0.29) is 6.61 Å². The summed E-state index contributed by atoms with van der Waals surface area (Å²) in [7, 11) is -1.05. The summed E-state index contributed by atoms with van der Waals surface area (Å²) in [4.78, 5) is 20.6. The van der Waals surface area contributed by atoms with Gasteiger partial charge in [0.2, 0.25) is 0 Å². The molecular formula is C16H24N4O6PS-. The number of hydrogen-bond acceptors (Lipinski definition) is 9. The molecule has 0 saturated carbocycles. The van der Waals surface area contributed by atoms with Crippen LogP contribution in [0.2, 0.25) is 0 Å². The van der Waals surface area contributed by atoms with Gasteiger partial charge in [0.1, 0.15) is 36.1 Å². The fourth-order valence-corrected chi connectivity index (χ4v) is 4.34. The predicted octanol–water partition coefficient (Wildman–Crippen LogP) is 1.50. The Morgan fingerprint density at radius 2 is 2.07 bits per heavy atom. The third-order valence-corrected chi connectivity index (χ3v) is 5.55. The van der Waals surface area contributed by atoms with Crippen LogP contribution in [0.5, 0.6) is 0 Å². The van der Waals surface area contributed by atoms with Gasteiger partial charge in [-0.1, -0.05) is 19.1 Å². The van der Waals surface area contributed by atoms with Gasteiger partial charge in [-0.05, 0) is 6.42 Å². The third kappa shape index (κ3) is 4.20. The van der Waals surface area contributed by atoms with E-state index in [0.29, 0.717) is 15.8 Å². The molecule has 156 valence electrons. The van der Waals surface area contributed by atoms with Crippen molar-refractivity contribution in [3.63, 3.8) is 0 Å². The van der Waals surface area contributed by atoms with E-state index in [9.17, 15) is 9.46 Å². The summed E-state index contributed by atoms with van der Waals surface area (Å²) in [5, 5.41) is 0. The Bertz CT molecular complexity index is 927. The Morgan fingerprint density at radius 1 is 1.32 bits per heavy atom. The quantitative estimate of drug-likeness (QED) is 0.453. The van der Waals surface area contributed by atoms with E-state index in [4.69, 9.17) is 31.0 Å². The molecule has 3 rings (SSSR count). The number of aryl methyl sites for hydroxylation is 1. The van der Waals surface area contributed by atoms with Gasteiger partial charge in [0, 0.05) is 27.4 Å². The van der Waals surface area contributed by atoms with E-state index in [0.717, 1.165) is 19.6 Å². The van der Waals surface area contributed by atoms with Crippen molar-refractivity contribution in [3.05, 3.63) is 17.3 Å². The van der Waals surface area contributed by atoms with Crippen LogP contribution in [0.4, 0.5) is 0 Å². The first-order valence-corrected chi connectivity index (χ1v) is 11.3. The summed E-state index contributed by atoms with van der Waals surface area (Å²) >= 11 is 5.52. The highest BCUT2D eigenvalue weighted by Gasteiger charge is 2.48. The number of ether oxygens (including phenoxy) is 3. The second-order valence-electron chi connectivity index (χ2n) is 6.63. The zero-order valence-corrected chi connectivity index (χ0v) is 17.9. The molecule has 10 nitrogen and oxygen atoms in total. The Balaban J connectivity index is 2.01. The van der Waals surface area contributed by atoms with Crippen LogP contribution < -0.4 is 4.89 Å². The highest BCUT2D eigenvalue weighted by atomic mass is 32.1. The average molecular weight is 431 g/mol. The van der Waals surface area contributed by atoms with Gasteiger partial charge in [0.05, 0.1) is 19.3 Å². The second kappa shape index (κ2) is 8.66. The largest absolute Gasteiger partial charge is 0.779 e. The van der Waals surface area contributed by atoms with Crippen molar-refractivity contribution in [1.82, 2.24) is 19.1 Å². The first-order chi connectivity index (χ1) is 13.3. The monoisotopic (exact) mass is 431 g/mol. The van der Waals surface area contributed by atoms with Gasteiger partial charge in [-0.25, -0.2) is 9.97 Å². The molecule has 0 amide bonds. The van der Waals surface area contributed by atoms with Crippen LogP contribution in [0, 0.1) is 4.64 Å². The van der Waals surface area contributed by atoms with Crippen LogP contribution in [-0.4, -0.2) is 64.9 Å². The lowest BCUT2D eigenvalue weighted by atomic mass is 10.1. The van der Waals surface area contributed by atoms with E-state index in [1.165, 1.54) is 14.2 Å². The van der Waals surface area contributed by atoms with Crippen LogP contribution in [0.25, 0.3) is 11.2 Å². The minimum atomic E-state index is -4.03. The summed E-state index contributed by atoms with van der Waals surface area (Å²) in [5.74, 6) is 0. The summed E-state index contributed by atoms with van der Waals surface area (Å²) in [6.45, 7) is 3.96. The lowest BCUT2D eigenvalue weighted by molar-refractivity contribution is -0.205. The fraction of sp³-hybridized carbons (Fsp3) is 0.688. The molecule has 0 radical (unpaired) electrons. The molecule has 28 heavy (non-hydrogen) atoms. The number of hydrogen-bond donors (Lipinski definition) is 0. The van der Waals surface area contributed by atoms with Crippen molar-refractivity contribution in [2.24, 2.45) is 0 Å². The van der Waals surface area contributed by atoms with E-state index in [1.807, 2.05) is 4.57 Å². The SMILES string of the molecule is CCCn1cnc2c(ncn2[C@@H]2O[C@H](COC)[C@H](OP(C)(=O)[O-])C2OC)c1=S. The molecule has 0 spiro atoms. The van der Waals surface area contributed by atoms with Crippen molar-refractivity contribution in [3.8, 4) is 0 Å². The van der Waals surface area contributed by atoms with Gasteiger partial charge in [-0.2, -0.15) is 0 Å². The molecular weight excluding hydrogens is 407 g/mol. The van der Waals surface area contributed by atoms with Gasteiger partial charge in [0.15, 0.2) is 11.9 Å². The minimum absolute atomic E-state index is 0.143. The standard InChI is InChI=1S/C16H25N4O6PS/c1-5-6-19-8-18-14-11(16(19)28)17-9-20(14)15-13(24-3)12(26-27(4,21)22)10(25-15)7-23-2/h8-10,12-13,15H,5-7H2,1-4H3,(H,21,22)/p-1/t10-,12+,13?,15-/m1/s1. The molecule has 1 saturated heterocycles. The maximum absolute atomic E-state index is 11.8. The molecule has 3 heterocycles. The molecule has 1 fully saturated rings. The smallest absolute Gasteiger partial charge is 0.166 e. The predicted molar refractivity (Wildman–Crippen MR) is 102 cm³/mol. The van der Waals surface area contributed by atoms with Gasteiger partial charge in [-0.3, -0.25) is 4.57 Å². The number of rotatable bonds is 8. The summed E-state index contributed by atoms with van der Waals surface area (Å²) in [6, 6.07) is 0. The fourth-order valence-electron chi connectivity index (χ4n) is 3.36. The van der Waals surface area contributed by atoms with Crippen LogP contribution in [0.1, 0.15) is 19.6 Å². The second-order valence-corrected chi connectivity index (χ2v) is 8.77. The number of methoxy groups -OCH3 is 2. The minimum Gasteiger partial charge on any atom is -0.779 e. The van der Waals surface area contributed by atoms with Crippen molar-refractivity contribution in [1.29, 1.82) is 0 Å². The van der Waals surface area contributed by atoms with Crippen molar-refractivity contribution < 1.29 is 28.2 Å². The number of fused-ring (bicyclic) bond motifs is 1. The first kappa shape index (κ1) is 21.5. The Kier molecular flexibility index (Phi) is 6.65. The lowest BCUT2D eigenvalue weighted by Gasteiger charge is -2.28. The van der Waals surface area contributed by atoms with Crippen LogP contribution >= 0.6 is 19.8 Å². The Morgan fingerprint density at radius 3 is 2.68 bits per heavy atom. The maximum atomic E-state index is 11.8. The molecule has 0 N–H and O–H groups in total. The summed E-state index contributed by atoms with van der Waals surface area (Å²) in [5.41, 5.74) is 1.10. The molecule has 5 atom stereocenters. The maximum Gasteiger partial charge on any atom is 0.166 e. The first-order valence-electron chi connectivity index (χ1n) is 8.86. The van der Waals surface area contributed by atoms with Gasteiger partial charge in [0.25, 0.3) is 0 Å². The molecule has 2 aromatic rings. The van der Waals surface area contributed by atoms with Crippen LogP contribution in [0.15, 0.2) is 12.7 Å². The number of aromatic nitrogens is 4. The average Bonchev–Trinajstić information content (AvgIpc) is 3.18. The number of imidazole rings is 1. The van der Waals surface area contributed by atoms with E-state index < -0.39 is 32.1 Å². The highest BCUT2D eigenvalue weighted by Crippen LogP contribution is 2.42. The third-order valence-electron chi connectivity index (χ3n) is 4.49. The van der Waals surface area contributed by atoms with Gasteiger partial charge >= 0.3 is 0 Å². The molecule has 2 unspecified atom stereocenters. The molecule has 0 aliphatic carbocycles. The van der Waals surface area contributed by atoms with Crippen molar-refractivity contribution in [2.75, 3.05) is 27.5 Å².